The first kappa shape index (κ1) is 35.6. The third-order valence-electron chi connectivity index (χ3n) is 4.03. The molecule has 0 aromatic carbocycles. The molecule has 216 valence electrons. The first-order valence-corrected chi connectivity index (χ1v) is 13.6. The van der Waals surface area contributed by atoms with Crippen LogP contribution in [0.2, 0.25) is 0 Å². The Morgan fingerprint density at radius 1 is 0.333 bits per heavy atom. The summed E-state index contributed by atoms with van der Waals surface area (Å²) in [6.45, 7) is 14.8. The zero-order valence-corrected chi connectivity index (χ0v) is 23.3. The summed E-state index contributed by atoms with van der Waals surface area (Å²) in [7, 11) is 0. The van der Waals surface area contributed by atoms with Gasteiger partial charge in [0.05, 0.1) is 138 Å². The summed E-state index contributed by atoms with van der Waals surface area (Å²) in [6, 6.07) is 0. The Morgan fingerprint density at radius 3 is 0.722 bits per heavy atom. The maximum atomic E-state index is 5.45. The summed E-state index contributed by atoms with van der Waals surface area (Å²) in [5, 5.41) is 0.840. The van der Waals surface area contributed by atoms with Crippen molar-refractivity contribution in [3.05, 3.63) is 12.8 Å². The number of halogens is 1. The number of hydrogen-bond donors (Lipinski definition) is 0. The van der Waals surface area contributed by atoms with Gasteiger partial charge in [0.2, 0.25) is 0 Å². The molecule has 0 aromatic rings. The van der Waals surface area contributed by atoms with Crippen molar-refractivity contribution >= 4 is 15.9 Å². The highest BCUT2D eigenvalue weighted by atomic mass is 79.9. The second kappa shape index (κ2) is 34.6. The van der Waals surface area contributed by atoms with Crippen LogP contribution >= 0.6 is 15.9 Å². The zero-order valence-electron chi connectivity index (χ0n) is 21.7. The summed E-state index contributed by atoms with van der Waals surface area (Å²) in [5.41, 5.74) is 0. The first-order valence-electron chi connectivity index (χ1n) is 12.5. The van der Waals surface area contributed by atoms with Crippen molar-refractivity contribution in [2.75, 3.05) is 144 Å². The van der Waals surface area contributed by atoms with Crippen LogP contribution in [-0.4, -0.2) is 144 Å². The van der Waals surface area contributed by atoms with Gasteiger partial charge in [0.1, 0.15) is 6.61 Å². The van der Waals surface area contributed by atoms with Gasteiger partial charge in [0.15, 0.2) is 0 Å². The highest BCUT2D eigenvalue weighted by Crippen LogP contribution is 1.87. The SMILES string of the molecule is C=COCCOCCOCCOCCOCCOCCOCCOCCOCCOCCOCCBr. The van der Waals surface area contributed by atoms with Crippen LogP contribution in [0.3, 0.4) is 0 Å². The molecule has 0 bridgehead atoms. The molecule has 0 heterocycles. The normalized spacial score (nSPS) is 11.2. The molecule has 0 aliphatic carbocycles. The molecule has 12 heteroatoms. The summed E-state index contributed by atoms with van der Waals surface area (Å²) < 4.78 is 58.9. The molecule has 0 unspecified atom stereocenters. The van der Waals surface area contributed by atoms with E-state index in [1.165, 1.54) is 6.26 Å². The average molecular weight is 592 g/mol. The van der Waals surface area contributed by atoms with E-state index in [0.717, 1.165) is 5.33 Å². The molecule has 0 amide bonds. The fraction of sp³-hybridized carbons (Fsp3) is 0.917. The van der Waals surface area contributed by atoms with Crippen LogP contribution in [0.4, 0.5) is 0 Å². The van der Waals surface area contributed by atoms with Crippen LogP contribution in [0, 0.1) is 0 Å². The first-order chi connectivity index (χ1) is 17.9. The Balaban J connectivity index is 3.00. The van der Waals surface area contributed by atoms with Gasteiger partial charge in [-0.15, -0.1) is 0 Å². The molecule has 0 radical (unpaired) electrons. The van der Waals surface area contributed by atoms with Crippen molar-refractivity contribution < 1.29 is 52.1 Å². The van der Waals surface area contributed by atoms with E-state index < -0.39 is 0 Å². The van der Waals surface area contributed by atoms with Gasteiger partial charge in [0, 0.05) is 5.33 Å². The van der Waals surface area contributed by atoms with Crippen molar-refractivity contribution in [3.8, 4) is 0 Å². The van der Waals surface area contributed by atoms with E-state index in [1.54, 1.807) is 0 Å². The second-order valence-corrected chi connectivity index (χ2v) is 7.64. The number of ether oxygens (including phenoxy) is 11. The van der Waals surface area contributed by atoms with Gasteiger partial charge in [-0.1, -0.05) is 22.5 Å². The molecule has 0 N–H and O–H groups in total. The highest BCUT2D eigenvalue weighted by molar-refractivity contribution is 9.09. The minimum absolute atomic E-state index is 0.505. The maximum absolute atomic E-state index is 5.45. The molecule has 0 rings (SSSR count). The monoisotopic (exact) mass is 590 g/mol. The van der Waals surface area contributed by atoms with Crippen LogP contribution in [0.5, 0.6) is 0 Å². The third-order valence-corrected chi connectivity index (χ3v) is 4.36. The molecule has 0 atom stereocenters. The van der Waals surface area contributed by atoms with Gasteiger partial charge in [-0.2, -0.15) is 0 Å². The molecule has 36 heavy (non-hydrogen) atoms. The molecule has 0 aromatic heterocycles. The van der Waals surface area contributed by atoms with E-state index in [-0.39, 0.29) is 0 Å². The van der Waals surface area contributed by atoms with Gasteiger partial charge >= 0.3 is 0 Å². The zero-order chi connectivity index (χ0) is 26.0. The van der Waals surface area contributed by atoms with E-state index in [1.807, 2.05) is 0 Å². The van der Waals surface area contributed by atoms with Gasteiger partial charge < -0.3 is 52.1 Å². The Bertz CT molecular complexity index is 408. The molecule has 0 aliphatic heterocycles. The van der Waals surface area contributed by atoms with Crippen molar-refractivity contribution in [1.82, 2.24) is 0 Å². The largest absolute Gasteiger partial charge is 0.499 e. The summed E-state index contributed by atoms with van der Waals surface area (Å²) >= 11 is 3.30. The second-order valence-electron chi connectivity index (χ2n) is 6.85. The Morgan fingerprint density at radius 2 is 0.528 bits per heavy atom. The standard InChI is InChI=1S/C24H47BrO11/c1-2-26-5-6-28-9-10-30-13-14-32-17-18-34-21-22-36-24-23-35-20-19-33-16-15-31-12-11-29-8-7-27-4-3-25/h2H,1,3-24H2. The quantitative estimate of drug-likeness (QED) is 0.0634. The molecular weight excluding hydrogens is 544 g/mol. The fourth-order valence-corrected chi connectivity index (χ4v) is 2.56. The van der Waals surface area contributed by atoms with E-state index >= 15 is 0 Å². The molecular formula is C24H47BrO11. The molecule has 0 aliphatic rings. The summed E-state index contributed by atoms with van der Waals surface area (Å²) in [5.74, 6) is 0. The minimum atomic E-state index is 0.505. The Labute approximate surface area is 225 Å². The van der Waals surface area contributed by atoms with Crippen LogP contribution in [0.1, 0.15) is 0 Å². The smallest absolute Gasteiger partial charge is 0.111 e. The van der Waals surface area contributed by atoms with Crippen molar-refractivity contribution in [3.63, 3.8) is 0 Å². The highest BCUT2D eigenvalue weighted by Gasteiger charge is 1.96. The topological polar surface area (TPSA) is 102 Å². The lowest BCUT2D eigenvalue weighted by Crippen LogP contribution is -2.15. The molecule has 0 spiro atoms. The lowest BCUT2D eigenvalue weighted by atomic mass is 10.6. The van der Waals surface area contributed by atoms with Crippen LogP contribution in [0.25, 0.3) is 0 Å². The van der Waals surface area contributed by atoms with E-state index in [9.17, 15) is 0 Å². The average Bonchev–Trinajstić information content (AvgIpc) is 2.89. The lowest BCUT2D eigenvalue weighted by molar-refractivity contribution is -0.0267. The van der Waals surface area contributed by atoms with Crippen molar-refractivity contribution in [2.24, 2.45) is 0 Å². The number of hydrogen-bond acceptors (Lipinski definition) is 11. The summed E-state index contributed by atoms with van der Waals surface area (Å²) in [4.78, 5) is 0. The third kappa shape index (κ3) is 33.6. The Hall–Kier alpha value is -0.380. The predicted molar refractivity (Wildman–Crippen MR) is 138 cm³/mol. The van der Waals surface area contributed by atoms with E-state index in [4.69, 9.17) is 52.1 Å². The van der Waals surface area contributed by atoms with Crippen LogP contribution < -0.4 is 0 Å². The Kier molecular flexibility index (Phi) is 34.3. The minimum Gasteiger partial charge on any atom is -0.499 e. The van der Waals surface area contributed by atoms with Crippen LogP contribution in [0.15, 0.2) is 12.8 Å². The van der Waals surface area contributed by atoms with Gasteiger partial charge in [-0.25, -0.2) is 0 Å². The van der Waals surface area contributed by atoms with Gasteiger partial charge in [-0.3, -0.25) is 0 Å². The van der Waals surface area contributed by atoms with Gasteiger partial charge in [0.25, 0.3) is 0 Å². The molecule has 11 nitrogen and oxygen atoms in total. The van der Waals surface area contributed by atoms with Crippen molar-refractivity contribution in [1.29, 1.82) is 0 Å². The number of rotatable bonds is 33. The maximum Gasteiger partial charge on any atom is 0.111 e. The van der Waals surface area contributed by atoms with Gasteiger partial charge in [-0.05, 0) is 0 Å². The van der Waals surface area contributed by atoms with E-state index in [2.05, 4.69) is 22.5 Å². The summed E-state index contributed by atoms with van der Waals surface area (Å²) in [6.07, 6.45) is 1.40. The molecule has 0 fully saturated rings. The molecule has 0 saturated carbocycles. The predicted octanol–water partition coefficient (Wildman–Crippen LogP) is 1.71. The van der Waals surface area contributed by atoms with Crippen molar-refractivity contribution in [2.45, 2.75) is 0 Å². The lowest BCUT2D eigenvalue weighted by Gasteiger charge is -2.09. The van der Waals surface area contributed by atoms with Crippen LogP contribution in [-0.2, 0) is 52.1 Å². The van der Waals surface area contributed by atoms with E-state index in [0.29, 0.717) is 139 Å². The molecule has 0 saturated heterocycles. The number of alkyl halides is 1. The fourth-order valence-electron chi connectivity index (χ4n) is 2.33.